The molecule has 2 aliphatic heterocycles. The van der Waals surface area contributed by atoms with Crippen LogP contribution in [0.15, 0.2) is 64.6 Å². The van der Waals surface area contributed by atoms with Gasteiger partial charge in [0.05, 0.1) is 16.7 Å². The van der Waals surface area contributed by atoms with Gasteiger partial charge in [-0.1, -0.05) is 18.2 Å². The van der Waals surface area contributed by atoms with Gasteiger partial charge in [-0.05, 0) is 63.1 Å². The molecule has 0 bridgehead atoms. The number of hydrogen-bond donors (Lipinski definition) is 8. The second kappa shape index (κ2) is 15.6. The van der Waals surface area contributed by atoms with E-state index in [1.165, 1.54) is 59.5 Å². The third-order valence-corrected chi connectivity index (χ3v) is 8.37. The molecule has 0 spiro atoms. The lowest BCUT2D eigenvalue weighted by Gasteiger charge is -2.26. The molecule has 2 aliphatic rings. The number of para-hydroxylation sites is 3. The van der Waals surface area contributed by atoms with Crippen molar-refractivity contribution in [2.75, 3.05) is 26.2 Å². The van der Waals surface area contributed by atoms with Crippen LogP contribution >= 0.6 is 0 Å². The number of nitrogens with zero attached hydrogens (tertiary/aromatic N) is 3. The molecule has 5 rings (SSSR count). The molecule has 0 radical (unpaired) electrons. The zero-order valence-electron chi connectivity index (χ0n) is 27.8. The van der Waals surface area contributed by atoms with Crippen LogP contribution in [0.25, 0.3) is 0 Å². The van der Waals surface area contributed by atoms with E-state index in [9.17, 15) is 45.0 Å². The lowest BCUT2D eigenvalue weighted by Crippen LogP contribution is -2.44. The zero-order chi connectivity index (χ0) is 36.8. The van der Waals surface area contributed by atoms with Crippen LogP contribution in [0, 0.1) is 0 Å². The summed E-state index contributed by atoms with van der Waals surface area (Å²) < 4.78 is 11.5. The number of ether oxygens (including phenoxy) is 2. The molecule has 0 aromatic heterocycles. The number of amides is 3. The highest BCUT2D eigenvalue weighted by molar-refractivity contribution is 6.02. The Labute approximate surface area is 292 Å². The minimum Gasteiger partial charge on any atom is -0.504 e. The van der Waals surface area contributed by atoms with Gasteiger partial charge in [0.25, 0.3) is 11.8 Å². The minimum atomic E-state index is -0.992. The first-order valence-corrected chi connectivity index (χ1v) is 16.2. The van der Waals surface area contributed by atoms with E-state index < -0.39 is 65.0 Å². The Balaban J connectivity index is 1.22. The quantitative estimate of drug-likeness (QED) is 0.0942. The molecule has 270 valence electrons. The maximum atomic E-state index is 13.8. The number of aliphatic imine (C=N–C) groups is 2. The van der Waals surface area contributed by atoms with Crippen LogP contribution in [0.2, 0.25) is 0 Å². The van der Waals surface area contributed by atoms with Crippen LogP contribution < -0.4 is 10.6 Å². The third-order valence-electron chi connectivity index (χ3n) is 8.37. The molecule has 2 heterocycles. The summed E-state index contributed by atoms with van der Waals surface area (Å²) >= 11 is 0. The van der Waals surface area contributed by atoms with Crippen LogP contribution in [-0.2, 0) is 19.1 Å². The standard InChI is InChI=1S/C35H39N5O11/c1-18-26(38-33(50-18)21-9-4-12-24(42)29(21)45)32(48)37-15-7-17-40(16-6-14-36-31(47)20-8-3-11-23(41)28(20)44)35(49)27-19(2)51-34(39-27)22-10-5-13-25(43)30(22)46/h3-5,8-13,18-19,26-27,41-46H,6-7,14-17H2,1-2H3,(H,36,47)(H,37,48)/t18-,19+,26+,27-/m0/s1. The van der Waals surface area contributed by atoms with Gasteiger partial charge in [-0.15, -0.1) is 0 Å². The van der Waals surface area contributed by atoms with Crippen LogP contribution in [-0.4, -0.2) is 116 Å². The van der Waals surface area contributed by atoms with Gasteiger partial charge < -0.3 is 55.6 Å². The van der Waals surface area contributed by atoms with Crippen molar-refractivity contribution in [2.45, 2.75) is 51.0 Å². The van der Waals surface area contributed by atoms with E-state index >= 15 is 0 Å². The topological polar surface area (TPSA) is 243 Å². The molecule has 3 amide bonds. The minimum absolute atomic E-state index is 0.00786. The lowest BCUT2D eigenvalue weighted by atomic mass is 10.1. The van der Waals surface area contributed by atoms with Crippen molar-refractivity contribution in [1.82, 2.24) is 15.5 Å². The molecular weight excluding hydrogens is 666 g/mol. The third kappa shape index (κ3) is 8.01. The molecule has 0 saturated heterocycles. The van der Waals surface area contributed by atoms with Crippen molar-refractivity contribution in [3.05, 3.63) is 71.3 Å². The van der Waals surface area contributed by atoms with Crippen LogP contribution in [0.3, 0.4) is 0 Å². The van der Waals surface area contributed by atoms with Gasteiger partial charge in [-0.3, -0.25) is 14.4 Å². The number of carbonyl (C=O) groups is 3. The van der Waals surface area contributed by atoms with Gasteiger partial charge in [0.2, 0.25) is 17.7 Å². The van der Waals surface area contributed by atoms with Crippen molar-refractivity contribution >= 4 is 29.5 Å². The number of rotatable bonds is 13. The molecule has 51 heavy (non-hydrogen) atoms. The van der Waals surface area contributed by atoms with Gasteiger partial charge in [0.15, 0.2) is 46.6 Å². The number of nitrogens with one attached hydrogen (secondary N) is 2. The van der Waals surface area contributed by atoms with E-state index in [1.54, 1.807) is 13.8 Å². The summed E-state index contributed by atoms with van der Waals surface area (Å²) in [6.07, 6.45) is -0.755. The molecule has 16 nitrogen and oxygen atoms in total. The highest BCUT2D eigenvalue weighted by Gasteiger charge is 2.38. The molecule has 3 aromatic carbocycles. The number of carbonyl (C=O) groups excluding carboxylic acids is 3. The molecule has 16 heteroatoms. The second-order valence-electron chi connectivity index (χ2n) is 12.0. The summed E-state index contributed by atoms with van der Waals surface area (Å²) in [5.74, 6) is -4.00. The molecule has 4 atom stereocenters. The Kier molecular flexibility index (Phi) is 11.0. The highest BCUT2D eigenvalue weighted by Crippen LogP contribution is 2.33. The monoisotopic (exact) mass is 705 g/mol. The maximum Gasteiger partial charge on any atom is 0.255 e. The van der Waals surface area contributed by atoms with E-state index in [4.69, 9.17) is 9.47 Å². The Bertz CT molecular complexity index is 1860. The summed E-state index contributed by atoms with van der Waals surface area (Å²) in [6, 6.07) is 10.7. The molecule has 0 aliphatic carbocycles. The molecule has 0 fully saturated rings. The maximum absolute atomic E-state index is 13.8. The van der Waals surface area contributed by atoms with Crippen LogP contribution in [0.1, 0.15) is 48.2 Å². The van der Waals surface area contributed by atoms with E-state index in [2.05, 4.69) is 20.6 Å². The van der Waals surface area contributed by atoms with Crippen molar-refractivity contribution in [2.24, 2.45) is 9.98 Å². The first-order valence-electron chi connectivity index (χ1n) is 16.2. The van der Waals surface area contributed by atoms with Gasteiger partial charge in [-0.2, -0.15) is 0 Å². The van der Waals surface area contributed by atoms with Crippen molar-refractivity contribution in [1.29, 1.82) is 0 Å². The number of benzene rings is 3. The molecular formula is C35H39N5O11. The Hall–Kier alpha value is -6.19. The van der Waals surface area contributed by atoms with E-state index in [0.717, 1.165) is 0 Å². The predicted octanol–water partition coefficient (Wildman–Crippen LogP) is 1.84. The van der Waals surface area contributed by atoms with Crippen molar-refractivity contribution < 1.29 is 54.5 Å². The molecule has 8 N–H and O–H groups in total. The van der Waals surface area contributed by atoms with E-state index in [-0.39, 0.29) is 66.2 Å². The number of aromatic hydroxyl groups is 6. The first kappa shape index (κ1) is 36.1. The van der Waals surface area contributed by atoms with E-state index in [1.807, 2.05) is 0 Å². The lowest BCUT2D eigenvalue weighted by molar-refractivity contribution is -0.134. The summed E-state index contributed by atoms with van der Waals surface area (Å²) in [6.45, 7) is 3.91. The average Bonchev–Trinajstić information content (AvgIpc) is 3.69. The Morgan fingerprint density at radius 1 is 0.667 bits per heavy atom. The van der Waals surface area contributed by atoms with Crippen molar-refractivity contribution in [3.8, 4) is 34.5 Å². The van der Waals surface area contributed by atoms with Gasteiger partial charge >= 0.3 is 0 Å². The largest absolute Gasteiger partial charge is 0.504 e. The SMILES string of the molecule is C[C@@H]1OC(c2cccc(O)c2O)=N[C@H]1C(=O)NCCCN(CCCNC(=O)c1cccc(O)c1O)C(=O)[C@H]1N=C(c2cccc(O)c2O)O[C@@H]1C. The normalized spacial score (nSPS) is 19.3. The molecule has 3 aromatic rings. The number of phenolic OH excluding ortho intramolecular Hbond substituents is 6. The van der Waals surface area contributed by atoms with Gasteiger partial charge in [-0.25, -0.2) is 9.98 Å². The first-order chi connectivity index (χ1) is 24.4. The summed E-state index contributed by atoms with van der Waals surface area (Å²) in [4.78, 5) is 49.7. The average molecular weight is 706 g/mol. The zero-order valence-corrected chi connectivity index (χ0v) is 27.8. The van der Waals surface area contributed by atoms with Gasteiger partial charge in [0, 0.05) is 26.2 Å². The summed E-state index contributed by atoms with van der Waals surface area (Å²) in [5, 5.41) is 65.4. The van der Waals surface area contributed by atoms with Crippen molar-refractivity contribution in [3.63, 3.8) is 0 Å². The Morgan fingerprint density at radius 3 is 1.71 bits per heavy atom. The number of hydrogen-bond acceptors (Lipinski definition) is 13. The predicted molar refractivity (Wildman–Crippen MR) is 182 cm³/mol. The summed E-state index contributed by atoms with van der Waals surface area (Å²) in [5.41, 5.74) is 0.167. The van der Waals surface area contributed by atoms with Crippen LogP contribution in [0.5, 0.6) is 34.5 Å². The fraction of sp³-hybridized carbons (Fsp3) is 0.343. The Morgan fingerprint density at radius 2 is 1.14 bits per heavy atom. The van der Waals surface area contributed by atoms with Crippen LogP contribution in [0.4, 0.5) is 0 Å². The highest BCUT2D eigenvalue weighted by atomic mass is 16.5. The molecule has 0 unspecified atom stereocenters. The summed E-state index contributed by atoms with van der Waals surface area (Å²) in [7, 11) is 0. The fourth-order valence-corrected chi connectivity index (χ4v) is 5.59. The second-order valence-corrected chi connectivity index (χ2v) is 12.0. The number of phenols is 6. The smallest absolute Gasteiger partial charge is 0.255 e. The molecule has 0 saturated carbocycles. The van der Waals surface area contributed by atoms with E-state index in [0.29, 0.717) is 12.8 Å². The van der Waals surface area contributed by atoms with Gasteiger partial charge in [0.1, 0.15) is 12.2 Å². The fourth-order valence-electron chi connectivity index (χ4n) is 5.59.